The van der Waals surface area contributed by atoms with E-state index in [1.54, 1.807) is 6.19 Å². The van der Waals surface area contributed by atoms with E-state index in [1.807, 2.05) is 0 Å². The summed E-state index contributed by atoms with van der Waals surface area (Å²) in [5.41, 5.74) is 5.00. The number of hydrogen-bond acceptors (Lipinski definition) is 9. The van der Waals surface area contributed by atoms with E-state index in [2.05, 4.69) is 21.5 Å². The molecule has 1 fully saturated rings. The van der Waals surface area contributed by atoms with E-state index in [1.165, 1.54) is 15.2 Å². The van der Waals surface area contributed by atoms with Gasteiger partial charge in [0, 0.05) is 6.54 Å². The van der Waals surface area contributed by atoms with Crippen LogP contribution in [0.15, 0.2) is 22.4 Å². The highest BCUT2D eigenvalue weighted by molar-refractivity contribution is 5.71. The summed E-state index contributed by atoms with van der Waals surface area (Å²) < 4.78 is 8.04. The van der Waals surface area contributed by atoms with Gasteiger partial charge < -0.3 is 25.8 Å². The van der Waals surface area contributed by atoms with Crippen LogP contribution in [0, 0.1) is 11.5 Å². The lowest BCUT2D eigenvalue weighted by Gasteiger charge is -2.16. The molecule has 26 heavy (non-hydrogen) atoms. The molecule has 3 heterocycles. The fourth-order valence-corrected chi connectivity index (χ4v) is 3.00. The standard InChI is InChI=1S/C14H17N7O5/c1-2-3-20-7-10(18-13(16)19-11(7)25)21(14(20)17-5-15)12-9(24)8(23)6(4-22)26-12/h2,6,8-9,12,22-24H,1,3-4H2,(H3,16,18,19,25)/t6-,8-,9-,12-/m1/s1. The number of aromatic nitrogens is 4. The number of rotatable bonds is 4. The maximum Gasteiger partial charge on any atom is 0.278 e. The van der Waals surface area contributed by atoms with Gasteiger partial charge in [-0.05, 0) is 0 Å². The third-order valence-corrected chi connectivity index (χ3v) is 4.08. The second-order valence-electron chi connectivity index (χ2n) is 5.63. The van der Waals surface area contributed by atoms with Crippen molar-refractivity contribution in [3.63, 3.8) is 0 Å². The minimum atomic E-state index is -1.46. The van der Waals surface area contributed by atoms with E-state index in [0.29, 0.717) is 0 Å². The maximum absolute atomic E-state index is 12.4. The Morgan fingerprint density at radius 2 is 2.23 bits per heavy atom. The van der Waals surface area contributed by atoms with E-state index in [4.69, 9.17) is 15.7 Å². The number of nitrogens with zero attached hydrogens (tertiary/aromatic N) is 5. The molecular formula is C14H17N7O5. The number of allylic oxidation sites excluding steroid dienone is 1. The van der Waals surface area contributed by atoms with Crippen molar-refractivity contribution >= 4 is 17.1 Å². The summed E-state index contributed by atoms with van der Waals surface area (Å²) in [6, 6.07) is 0. The van der Waals surface area contributed by atoms with Gasteiger partial charge in [0.1, 0.15) is 18.3 Å². The summed E-state index contributed by atoms with van der Waals surface area (Å²) in [4.78, 5) is 22.5. The quantitative estimate of drug-likeness (QED) is 0.286. The molecule has 0 spiro atoms. The van der Waals surface area contributed by atoms with Crippen molar-refractivity contribution in [1.82, 2.24) is 19.1 Å². The largest absolute Gasteiger partial charge is 0.394 e. The zero-order chi connectivity index (χ0) is 19.0. The smallest absolute Gasteiger partial charge is 0.278 e. The van der Waals surface area contributed by atoms with Crippen LogP contribution < -0.4 is 16.9 Å². The van der Waals surface area contributed by atoms with Gasteiger partial charge in [-0.1, -0.05) is 6.08 Å². The van der Waals surface area contributed by atoms with Gasteiger partial charge in [-0.15, -0.1) is 11.6 Å². The number of anilines is 1. The monoisotopic (exact) mass is 363 g/mol. The second kappa shape index (κ2) is 6.73. The molecule has 2 aromatic heterocycles. The predicted molar refractivity (Wildman–Crippen MR) is 87.1 cm³/mol. The minimum absolute atomic E-state index is 0.00283. The van der Waals surface area contributed by atoms with Crippen LogP contribution >= 0.6 is 0 Å². The van der Waals surface area contributed by atoms with Crippen LogP contribution in [-0.4, -0.2) is 59.3 Å². The SMILES string of the molecule is C=CCn1c(=NC#N)n([C@@H]2O[C@H](CO)[C@@H](O)[C@H]2O)c2nc(N)[nH]c(=O)c21. The first kappa shape index (κ1) is 17.8. The zero-order valence-electron chi connectivity index (χ0n) is 13.5. The second-order valence-corrected chi connectivity index (χ2v) is 5.63. The van der Waals surface area contributed by atoms with Crippen LogP contribution in [0.4, 0.5) is 5.95 Å². The van der Waals surface area contributed by atoms with Crippen LogP contribution in [0.1, 0.15) is 6.23 Å². The number of nitrogens with two attached hydrogens (primary N) is 1. The van der Waals surface area contributed by atoms with E-state index >= 15 is 0 Å². The fourth-order valence-electron chi connectivity index (χ4n) is 3.00. The summed E-state index contributed by atoms with van der Waals surface area (Å²) >= 11 is 0. The first-order valence-corrected chi connectivity index (χ1v) is 7.61. The Balaban J connectivity index is 2.40. The molecule has 138 valence electrons. The highest BCUT2D eigenvalue weighted by atomic mass is 16.6. The number of aliphatic hydroxyl groups excluding tert-OH is 3. The van der Waals surface area contributed by atoms with Crippen molar-refractivity contribution in [2.24, 2.45) is 4.99 Å². The van der Waals surface area contributed by atoms with Crippen molar-refractivity contribution in [1.29, 1.82) is 5.26 Å². The lowest BCUT2D eigenvalue weighted by atomic mass is 10.1. The van der Waals surface area contributed by atoms with Crippen LogP contribution in [0.25, 0.3) is 11.2 Å². The molecule has 0 saturated carbocycles. The summed E-state index contributed by atoms with van der Waals surface area (Å²) in [6.07, 6.45) is -2.06. The Morgan fingerprint density at radius 1 is 1.50 bits per heavy atom. The number of hydrogen-bond donors (Lipinski definition) is 5. The van der Waals surface area contributed by atoms with Gasteiger partial charge in [0.05, 0.1) is 6.61 Å². The third kappa shape index (κ3) is 2.59. The highest BCUT2D eigenvalue weighted by Crippen LogP contribution is 2.30. The summed E-state index contributed by atoms with van der Waals surface area (Å²) in [7, 11) is 0. The van der Waals surface area contributed by atoms with Crippen molar-refractivity contribution < 1.29 is 20.1 Å². The number of imidazole rings is 1. The number of nitrogens with one attached hydrogen (secondary N) is 1. The average molecular weight is 363 g/mol. The van der Waals surface area contributed by atoms with Gasteiger partial charge in [0.25, 0.3) is 5.56 Å². The molecule has 0 unspecified atom stereocenters. The van der Waals surface area contributed by atoms with E-state index < -0.39 is 36.7 Å². The number of aromatic amines is 1. The lowest BCUT2D eigenvalue weighted by Crippen LogP contribution is -2.36. The molecule has 0 aliphatic carbocycles. The average Bonchev–Trinajstić information content (AvgIpc) is 3.04. The lowest BCUT2D eigenvalue weighted by molar-refractivity contribution is -0.0530. The number of fused-ring (bicyclic) bond motifs is 1. The molecule has 1 aliphatic rings. The van der Waals surface area contributed by atoms with Crippen molar-refractivity contribution in [3.8, 4) is 6.19 Å². The van der Waals surface area contributed by atoms with Gasteiger partial charge in [0.15, 0.2) is 17.4 Å². The van der Waals surface area contributed by atoms with E-state index in [9.17, 15) is 20.1 Å². The number of nitriles is 1. The normalized spacial score (nSPS) is 26.3. The van der Waals surface area contributed by atoms with Crippen molar-refractivity contribution in [2.45, 2.75) is 31.1 Å². The molecule has 4 atom stereocenters. The van der Waals surface area contributed by atoms with Gasteiger partial charge in [0.2, 0.25) is 17.8 Å². The Labute approximate surface area is 145 Å². The van der Waals surface area contributed by atoms with Crippen LogP contribution in [-0.2, 0) is 11.3 Å². The van der Waals surface area contributed by atoms with E-state index in [-0.39, 0.29) is 29.3 Å². The topological polar surface area (TPSA) is 188 Å². The van der Waals surface area contributed by atoms with Crippen LogP contribution in [0.3, 0.4) is 0 Å². The molecule has 1 saturated heterocycles. The molecule has 0 radical (unpaired) electrons. The number of H-pyrrole nitrogens is 1. The van der Waals surface area contributed by atoms with Crippen LogP contribution in [0.2, 0.25) is 0 Å². The fraction of sp³-hybridized carbons (Fsp3) is 0.429. The maximum atomic E-state index is 12.4. The zero-order valence-corrected chi connectivity index (χ0v) is 13.5. The number of aliphatic hydroxyl groups is 3. The molecule has 0 bridgehead atoms. The Bertz CT molecular complexity index is 1010. The van der Waals surface area contributed by atoms with Gasteiger partial charge >= 0.3 is 0 Å². The molecule has 3 rings (SSSR count). The Hall–Kier alpha value is -2.98. The molecule has 0 amide bonds. The summed E-state index contributed by atoms with van der Waals surface area (Å²) in [6.45, 7) is 3.17. The number of ether oxygens (including phenoxy) is 1. The van der Waals surface area contributed by atoms with Gasteiger partial charge in [-0.3, -0.25) is 18.9 Å². The van der Waals surface area contributed by atoms with Gasteiger partial charge in [-0.25, -0.2) is 0 Å². The highest BCUT2D eigenvalue weighted by Gasteiger charge is 2.45. The molecule has 12 nitrogen and oxygen atoms in total. The molecule has 1 aliphatic heterocycles. The first-order valence-electron chi connectivity index (χ1n) is 7.61. The first-order chi connectivity index (χ1) is 12.4. The molecule has 2 aromatic rings. The summed E-state index contributed by atoms with van der Waals surface area (Å²) in [5, 5.41) is 38.7. The third-order valence-electron chi connectivity index (χ3n) is 4.08. The van der Waals surface area contributed by atoms with Crippen molar-refractivity contribution in [2.75, 3.05) is 12.3 Å². The van der Waals surface area contributed by atoms with Crippen LogP contribution in [0.5, 0.6) is 0 Å². The predicted octanol–water partition coefficient (Wildman–Crippen LogP) is -2.71. The molecule has 12 heteroatoms. The molecular weight excluding hydrogens is 346 g/mol. The van der Waals surface area contributed by atoms with Gasteiger partial charge in [-0.2, -0.15) is 10.2 Å². The summed E-state index contributed by atoms with van der Waals surface area (Å²) in [5.74, 6) is -0.192. The molecule has 6 N–H and O–H groups in total. The minimum Gasteiger partial charge on any atom is -0.394 e. The Kier molecular flexibility index (Phi) is 4.62. The Morgan fingerprint density at radius 3 is 2.81 bits per heavy atom. The molecule has 0 aromatic carbocycles. The van der Waals surface area contributed by atoms with E-state index in [0.717, 1.165) is 0 Å². The van der Waals surface area contributed by atoms with Crippen molar-refractivity contribution in [3.05, 3.63) is 28.6 Å². The number of nitrogen functional groups attached to an aromatic ring is 1.